The van der Waals surface area contributed by atoms with Crippen LogP contribution in [-0.2, 0) is 7.05 Å². The Morgan fingerprint density at radius 2 is 2.10 bits per heavy atom. The molecule has 98 valence electrons. The molecule has 3 aromatic heterocycles. The van der Waals surface area contributed by atoms with E-state index < -0.39 is 0 Å². The van der Waals surface area contributed by atoms with Crippen molar-refractivity contribution in [2.24, 2.45) is 7.05 Å². The number of hydrogen-bond donors (Lipinski definition) is 0. The second-order valence-corrected chi connectivity index (χ2v) is 4.89. The Morgan fingerprint density at radius 3 is 3.00 bits per heavy atom. The van der Waals surface area contributed by atoms with Crippen LogP contribution >= 0.6 is 0 Å². The van der Waals surface area contributed by atoms with Gasteiger partial charge in [-0.1, -0.05) is 12.1 Å². The maximum atomic E-state index is 4.51. The minimum Gasteiger partial charge on any atom is -0.268 e. The van der Waals surface area contributed by atoms with Crippen molar-refractivity contribution in [1.82, 2.24) is 24.4 Å². The van der Waals surface area contributed by atoms with E-state index in [0.717, 1.165) is 33.4 Å². The van der Waals surface area contributed by atoms with Crippen LogP contribution in [0.2, 0.25) is 0 Å². The minimum atomic E-state index is 0.881. The third-order valence-electron chi connectivity index (χ3n) is 3.61. The van der Waals surface area contributed by atoms with E-state index in [9.17, 15) is 0 Å². The molecule has 0 saturated heterocycles. The molecule has 0 radical (unpaired) electrons. The maximum absolute atomic E-state index is 4.51. The number of rotatable bonds is 1. The summed E-state index contributed by atoms with van der Waals surface area (Å²) in [6.45, 7) is 2.01. The van der Waals surface area contributed by atoms with Crippen molar-refractivity contribution in [1.29, 1.82) is 0 Å². The molecule has 20 heavy (non-hydrogen) atoms. The predicted octanol–water partition coefficient (Wildman–Crippen LogP) is 2.59. The van der Waals surface area contributed by atoms with Crippen molar-refractivity contribution in [3.63, 3.8) is 0 Å². The van der Waals surface area contributed by atoms with Gasteiger partial charge in [-0.25, -0.2) is 9.50 Å². The first-order valence-electron chi connectivity index (χ1n) is 6.46. The van der Waals surface area contributed by atoms with Gasteiger partial charge >= 0.3 is 0 Å². The highest BCUT2D eigenvalue weighted by Crippen LogP contribution is 2.29. The van der Waals surface area contributed by atoms with E-state index in [4.69, 9.17) is 0 Å². The summed E-state index contributed by atoms with van der Waals surface area (Å²) in [4.78, 5) is 4.45. The van der Waals surface area contributed by atoms with E-state index in [0.29, 0.717) is 0 Å². The first-order chi connectivity index (χ1) is 9.74. The largest absolute Gasteiger partial charge is 0.268 e. The van der Waals surface area contributed by atoms with Crippen LogP contribution in [0.4, 0.5) is 0 Å². The lowest BCUT2D eigenvalue weighted by atomic mass is 10.0. The molecule has 1 aromatic carbocycles. The Hall–Kier alpha value is -2.69. The van der Waals surface area contributed by atoms with Crippen molar-refractivity contribution in [2.45, 2.75) is 6.92 Å². The highest BCUT2D eigenvalue weighted by atomic mass is 15.3. The summed E-state index contributed by atoms with van der Waals surface area (Å²) in [6, 6.07) is 8.21. The van der Waals surface area contributed by atoms with Crippen LogP contribution in [0.25, 0.3) is 27.7 Å². The van der Waals surface area contributed by atoms with E-state index in [2.05, 4.69) is 33.4 Å². The van der Waals surface area contributed by atoms with Crippen molar-refractivity contribution < 1.29 is 0 Å². The molecule has 4 aromatic rings. The van der Waals surface area contributed by atoms with Gasteiger partial charge in [-0.3, -0.25) is 4.68 Å². The second kappa shape index (κ2) is 3.90. The molecule has 0 aliphatic heterocycles. The van der Waals surface area contributed by atoms with Crippen LogP contribution in [0, 0.1) is 6.92 Å². The molecular weight excluding hydrogens is 250 g/mol. The van der Waals surface area contributed by atoms with Crippen LogP contribution in [0.3, 0.4) is 0 Å². The number of aromatic nitrogens is 5. The molecule has 3 heterocycles. The smallest absolute Gasteiger partial charge is 0.163 e. The van der Waals surface area contributed by atoms with E-state index in [1.165, 1.54) is 0 Å². The number of benzene rings is 1. The van der Waals surface area contributed by atoms with E-state index in [1.54, 1.807) is 6.20 Å². The van der Waals surface area contributed by atoms with Gasteiger partial charge in [-0.15, -0.1) is 0 Å². The Bertz CT molecular complexity index is 932. The third-order valence-corrected chi connectivity index (χ3v) is 3.61. The quantitative estimate of drug-likeness (QED) is 0.530. The molecule has 0 unspecified atom stereocenters. The molecule has 0 atom stereocenters. The van der Waals surface area contributed by atoms with Gasteiger partial charge in [-0.2, -0.15) is 10.2 Å². The molecule has 0 bridgehead atoms. The molecule has 5 nitrogen and oxygen atoms in total. The topological polar surface area (TPSA) is 48.0 Å². The van der Waals surface area contributed by atoms with Gasteiger partial charge in [-0.05, 0) is 24.6 Å². The zero-order valence-electron chi connectivity index (χ0n) is 11.3. The van der Waals surface area contributed by atoms with Gasteiger partial charge in [0.1, 0.15) is 0 Å². The minimum absolute atomic E-state index is 0.881. The Labute approximate surface area is 115 Å². The van der Waals surface area contributed by atoms with Gasteiger partial charge in [0.2, 0.25) is 0 Å². The van der Waals surface area contributed by atoms with Gasteiger partial charge in [0.25, 0.3) is 0 Å². The first-order valence-corrected chi connectivity index (χ1v) is 6.46. The molecule has 0 aliphatic carbocycles. The normalized spacial score (nSPS) is 11.5. The van der Waals surface area contributed by atoms with E-state index >= 15 is 0 Å². The summed E-state index contributed by atoms with van der Waals surface area (Å²) in [5.41, 5.74) is 5.16. The fraction of sp³-hybridized carbons (Fsp3) is 0.133. The molecule has 5 heteroatoms. The van der Waals surface area contributed by atoms with Gasteiger partial charge in [0.15, 0.2) is 5.65 Å². The van der Waals surface area contributed by atoms with Crippen LogP contribution in [0.5, 0.6) is 0 Å². The highest BCUT2D eigenvalue weighted by Gasteiger charge is 2.13. The summed E-state index contributed by atoms with van der Waals surface area (Å²) < 4.78 is 3.70. The van der Waals surface area contributed by atoms with Crippen molar-refractivity contribution in [3.05, 3.63) is 48.5 Å². The van der Waals surface area contributed by atoms with Crippen LogP contribution in [-0.4, -0.2) is 24.4 Å². The third kappa shape index (κ3) is 1.46. The average Bonchev–Trinajstić information content (AvgIpc) is 2.98. The van der Waals surface area contributed by atoms with Crippen molar-refractivity contribution in [3.8, 4) is 11.1 Å². The lowest BCUT2D eigenvalue weighted by Gasteiger charge is -2.02. The lowest BCUT2D eigenvalue weighted by molar-refractivity contribution is 0.797. The van der Waals surface area contributed by atoms with E-state index in [1.807, 2.05) is 41.6 Å². The Kier molecular flexibility index (Phi) is 2.18. The first kappa shape index (κ1) is 11.2. The number of nitrogens with zero attached hydrogens (tertiary/aromatic N) is 5. The van der Waals surface area contributed by atoms with Crippen LogP contribution < -0.4 is 0 Å². The number of fused-ring (bicyclic) bond motifs is 2. The molecule has 0 N–H and O–H groups in total. The summed E-state index contributed by atoms with van der Waals surface area (Å²) in [7, 11) is 1.95. The van der Waals surface area contributed by atoms with Gasteiger partial charge in [0.05, 0.1) is 17.4 Å². The predicted molar refractivity (Wildman–Crippen MR) is 77.4 cm³/mol. The fourth-order valence-electron chi connectivity index (χ4n) is 2.63. The zero-order chi connectivity index (χ0) is 13.7. The SMILES string of the molecule is Cc1nn2cccnc2c1-c1ccc2cnn(C)c2c1. The lowest BCUT2D eigenvalue weighted by Crippen LogP contribution is -1.90. The van der Waals surface area contributed by atoms with Gasteiger partial charge in [0, 0.05) is 30.4 Å². The van der Waals surface area contributed by atoms with Crippen molar-refractivity contribution in [2.75, 3.05) is 0 Å². The Balaban J connectivity index is 2.05. The molecule has 0 aliphatic rings. The zero-order valence-corrected chi connectivity index (χ0v) is 11.3. The van der Waals surface area contributed by atoms with E-state index in [-0.39, 0.29) is 0 Å². The standard InChI is InChI=1S/C15H13N5/c1-10-14(15-16-6-3-7-20(15)18-10)11-4-5-12-9-17-19(2)13(12)8-11/h3-9H,1-2H3. The second-order valence-electron chi connectivity index (χ2n) is 4.89. The van der Waals surface area contributed by atoms with Gasteiger partial charge < -0.3 is 0 Å². The molecular formula is C15H13N5. The molecule has 0 spiro atoms. The van der Waals surface area contributed by atoms with Crippen LogP contribution in [0.15, 0.2) is 42.9 Å². The fourth-order valence-corrected chi connectivity index (χ4v) is 2.63. The maximum Gasteiger partial charge on any atom is 0.163 e. The van der Waals surface area contributed by atoms with Crippen LogP contribution in [0.1, 0.15) is 5.69 Å². The molecule has 0 saturated carbocycles. The summed E-state index contributed by atoms with van der Waals surface area (Å²) in [5, 5.41) is 9.93. The average molecular weight is 263 g/mol. The summed E-state index contributed by atoms with van der Waals surface area (Å²) in [6.07, 6.45) is 5.59. The molecule has 0 fully saturated rings. The Morgan fingerprint density at radius 1 is 1.20 bits per heavy atom. The number of aryl methyl sites for hydroxylation is 2. The molecule has 0 amide bonds. The molecule has 4 rings (SSSR count). The highest BCUT2D eigenvalue weighted by molar-refractivity contribution is 5.88. The summed E-state index contributed by atoms with van der Waals surface area (Å²) in [5.74, 6) is 0. The summed E-state index contributed by atoms with van der Waals surface area (Å²) >= 11 is 0. The van der Waals surface area contributed by atoms with Crippen molar-refractivity contribution >= 4 is 16.6 Å². The monoisotopic (exact) mass is 263 g/mol. The number of hydrogen-bond acceptors (Lipinski definition) is 3.